The Bertz CT molecular complexity index is 797. The van der Waals surface area contributed by atoms with Gasteiger partial charge in [0.25, 0.3) is 10.0 Å². The molecule has 0 saturated carbocycles. The zero-order valence-corrected chi connectivity index (χ0v) is 14.0. The minimum absolute atomic E-state index is 0. The van der Waals surface area contributed by atoms with Gasteiger partial charge in [-0.2, -0.15) is 4.31 Å². The third-order valence-electron chi connectivity index (χ3n) is 3.76. The first-order valence-corrected chi connectivity index (χ1v) is 8.17. The molecule has 0 amide bonds. The van der Waals surface area contributed by atoms with Crippen molar-refractivity contribution < 1.29 is 12.8 Å². The van der Waals surface area contributed by atoms with Gasteiger partial charge < -0.3 is 10.3 Å². The quantitative estimate of drug-likeness (QED) is 0.858. The van der Waals surface area contributed by atoms with Crippen LogP contribution in [0.1, 0.15) is 11.6 Å². The molecule has 0 radical (unpaired) electrons. The molecule has 1 aliphatic heterocycles. The minimum atomic E-state index is -3.73. The van der Waals surface area contributed by atoms with E-state index in [1.54, 1.807) is 11.6 Å². The molecule has 3 heterocycles. The molecule has 2 aromatic heterocycles. The second-order valence-corrected chi connectivity index (χ2v) is 7.23. The maximum Gasteiger partial charge on any atom is 0.262 e. The molecule has 0 spiro atoms. The van der Waals surface area contributed by atoms with E-state index >= 15 is 0 Å². The summed E-state index contributed by atoms with van der Waals surface area (Å²) in [5, 5.41) is -0.0376. The molecule has 23 heavy (non-hydrogen) atoms. The number of aromatic nitrogens is 3. The Hall–Kier alpha value is -1.55. The SMILES string of the molecule is Cl.Cn1cnc(S(=O)(=O)N2C[C@H](c3ncccc3F)[C@@H](N)C2)c1. The molecule has 1 saturated heterocycles. The van der Waals surface area contributed by atoms with Crippen molar-refractivity contribution in [3.63, 3.8) is 0 Å². The van der Waals surface area contributed by atoms with E-state index < -0.39 is 27.8 Å². The molecule has 1 aliphatic rings. The van der Waals surface area contributed by atoms with Gasteiger partial charge in [0.05, 0.1) is 12.0 Å². The standard InChI is InChI=1S/C13H16FN5O2S.ClH/c1-18-7-12(17-8-18)22(20,21)19-5-9(11(15)6-19)13-10(14)3-2-4-16-13;/h2-4,7-9,11H,5-6,15H2,1H3;1H/t9-,11-;/m0./s1. The Morgan fingerprint density at radius 3 is 2.70 bits per heavy atom. The molecule has 0 aliphatic carbocycles. The lowest BCUT2D eigenvalue weighted by Crippen LogP contribution is -2.32. The van der Waals surface area contributed by atoms with Crippen molar-refractivity contribution in [2.75, 3.05) is 13.1 Å². The number of sulfonamides is 1. The molecule has 2 aromatic rings. The van der Waals surface area contributed by atoms with Crippen LogP contribution in [0.25, 0.3) is 0 Å². The first kappa shape index (κ1) is 17.8. The lowest BCUT2D eigenvalue weighted by Gasteiger charge is -2.15. The monoisotopic (exact) mass is 361 g/mol. The van der Waals surface area contributed by atoms with Crippen molar-refractivity contribution in [2.24, 2.45) is 12.8 Å². The number of hydrogen-bond donors (Lipinski definition) is 1. The lowest BCUT2D eigenvalue weighted by molar-refractivity contribution is 0.465. The predicted octanol–water partition coefficient (Wildman–Crippen LogP) is 0.491. The van der Waals surface area contributed by atoms with E-state index in [1.807, 2.05) is 0 Å². The summed E-state index contributed by atoms with van der Waals surface area (Å²) in [6.45, 7) is 0.202. The molecule has 3 rings (SSSR count). The molecule has 2 atom stereocenters. The highest BCUT2D eigenvalue weighted by Crippen LogP contribution is 2.30. The molecule has 1 fully saturated rings. The number of rotatable bonds is 3. The zero-order chi connectivity index (χ0) is 15.9. The Kier molecular flexibility index (Phi) is 5.04. The smallest absolute Gasteiger partial charge is 0.262 e. The fourth-order valence-electron chi connectivity index (χ4n) is 2.60. The third-order valence-corrected chi connectivity index (χ3v) is 5.47. The van der Waals surface area contributed by atoms with Crippen molar-refractivity contribution in [3.8, 4) is 0 Å². The van der Waals surface area contributed by atoms with Crippen molar-refractivity contribution in [1.82, 2.24) is 18.8 Å². The Balaban J connectivity index is 0.00000192. The molecule has 7 nitrogen and oxygen atoms in total. The van der Waals surface area contributed by atoms with E-state index in [9.17, 15) is 12.8 Å². The lowest BCUT2D eigenvalue weighted by atomic mass is 9.99. The summed E-state index contributed by atoms with van der Waals surface area (Å²) >= 11 is 0. The van der Waals surface area contributed by atoms with Gasteiger partial charge in [-0.25, -0.2) is 17.8 Å². The molecular formula is C13H17ClFN5O2S. The van der Waals surface area contributed by atoms with Gasteiger partial charge in [-0.05, 0) is 12.1 Å². The van der Waals surface area contributed by atoms with Gasteiger partial charge in [-0.15, -0.1) is 12.4 Å². The van der Waals surface area contributed by atoms with Gasteiger partial charge >= 0.3 is 0 Å². The summed E-state index contributed by atoms with van der Waals surface area (Å²) in [7, 11) is -2.05. The molecule has 126 valence electrons. The highest BCUT2D eigenvalue weighted by atomic mass is 35.5. The second-order valence-electron chi connectivity index (χ2n) is 5.34. The van der Waals surface area contributed by atoms with Gasteiger partial charge in [0.1, 0.15) is 5.82 Å². The summed E-state index contributed by atoms with van der Waals surface area (Å²) < 4.78 is 41.7. The number of nitrogens with two attached hydrogens (primary N) is 1. The number of nitrogens with zero attached hydrogens (tertiary/aromatic N) is 4. The maximum absolute atomic E-state index is 13.9. The fraction of sp³-hybridized carbons (Fsp3) is 0.385. The van der Waals surface area contributed by atoms with Gasteiger partial charge in [-0.3, -0.25) is 4.98 Å². The largest absolute Gasteiger partial charge is 0.339 e. The van der Waals surface area contributed by atoms with Crippen LogP contribution in [0.15, 0.2) is 35.9 Å². The topological polar surface area (TPSA) is 94.1 Å². The average molecular weight is 362 g/mol. The molecular weight excluding hydrogens is 345 g/mol. The van der Waals surface area contributed by atoms with E-state index in [0.29, 0.717) is 0 Å². The van der Waals surface area contributed by atoms with Gasteiger partial charge in [0.2, 0.25) is 0 Å². The van der Waals surface area contributed by atoms with Crippen molar-refractivity contribution in [3.05, 3.63) is 42.4 Å². The maximum atomic E-state index is 13.9. The average Bonchev–Trinajstić information content (AvgIpc) is 3.06. The fourth-order valence-corrected chi connectivity index (χ4v) is 4.07. The summed E-state index contributed by atoms with van der Waals surface area (Å²) in [6.07, 6.45) is 4.31. The number of halogens is 2. The van der Waals surface area contributed by atoms with Crippen LogP contribution in [0.3, 0.4) is 0 Å². The number of aryl methyl sites for hydroxylation is 1. The zero-order valence-electron chi connectivity index (χ0n) is 12.3. The Morgan fingerprint density at radius 2 is 2.09 bits per heavy atom. The Labute approximate surface area is 139 Å². The van der Waals surface area contributed by atoms with Crippen LogP contribution in [0.5, 0.6) is 0 Å². The van der Waals surface area contributed by atoms with Crippen LogP contribution in [0.4, 0.5) is 4.39 Å². The van der Waals surface area contributed by atoms with Crippen LogP contribution < -0.4 is 5.73 Å². The molecule has 2 N–H and O–H groups in total. The summed E-state index contributed by atoms with van der Waals surface area (Å²) in [5.74, 6) is -0.945. The minimum Gasteiger partial charge on any atom is -0.339 e. The van der Waals surface area contributed by atoms with Crippen LogP contribution in [-0.4, -0.2) is 46.4 Å². The second kappa shape index (κ2) is 6.52. The van der Waals surface area contributed by atoms with E-state index in [0.717, 1.165) is 0 Å². The first-order valence-electron chi connectivity index (χ1n) is 6.73. The molecule has 0 bridgehead atoms. The Morgan fingerprint density at radius 1 is 1.35 bits per heavy atom. The van der Waals surface area contributed by atoms with E-state index in [-0.39, 0.29) is 36.2 Å². The predicted molar refractivity (Wildman–Crippen MR) is 84.1 cm³/mol. The number of imidazole rings is 1. The number of pyridine rings is 1. The van der Waals surface area contributed by atoms with Crippen LogP contribution in [0.2, 0.25) is 0 Å². The van der Waals surface area contributed by atoms with Crippen molar-refractivity contribution in [2.45, 2.75) is 17.0 Å². The van der Waals surface area contributed by atoms with Crippen molar-refractivity contribution in [1.29, 1.82) is 0 Å². The van der Waals surface area contributed by atoms with Crippen LogP contribution >= 0.6 is 12.4 Å². The first-order chi connectivity index (χ1) is 10.4. The number of hydrogen-bond acceptors (Lipinski definition) is 5. The van der Waals surface area contributed by atoms with Crippen molar-refractivity contribution >= 4 is 22.4 Å². The summed E-state index contributed by atoms with van der Waals surface area (Å²) in [6, 6.07) is 2.27. The molecule has 0 unspecified atom stereocenters. The summed E-state index contributed by atoms with van der Waals surface area (Å²) in [4.78, 5) is 7.88. The summed E-state index contributed by atoms with van der Waals surface area (Å²) in [5.41, 5.74) is 6.21. The highest BCUT2D eigenvalue weighted by Gasteiger charge is 2.40. The van der Waals surface area contributed by atoms with Gasteiger partial charge in [-0.1, -0.05) is 0 Å². The third kappa shape index (κ3) is 3.23. The van der Waals surface area contributed by atoms with E-state index in [2.05, 4.69) is 9.97 Å². The van der Waals surface area contributed by atoms with E-state index in [4.69, 9.17) is 5.73 Å². The van der Waals surface area contributed by atoms with Gasteiger partial charge in [0, 0.05) is 44.5 Å². The molecule has 0 aromatic carbocycles. The van der Waals surface area contributed by atoms with Crippen LogP contribution in [0, 0.1) is 5.82 Å². The van der Waals surface area contributed by atoms with Gasteiger partial charge in [0.15, 0.2) is 5.03 Å². The highest BCUT2D eigenvalue weighted by molar-refractivity contribution is 7.89. The van der Waals surface area contributed by atoms with Crippen LogP contribution in [-0.2, 0) is 17.1 Å². The normalized spacial score (nSPS) is 22.0. The molecule has 10 heteroatoms. The van der Waals surface area contributed by atoms with E-state index in [1.165, 1.54) is 35.2 Å².